The molecular weight excluding hydrogens is 218 g/mol. The van der Waals surface area contributed by atoms with E-state index in [1.807, 2.05) is 4.90 Å². The third-order valence-corrected chi connectivity index (χ3v) is 3.44. The number of amides is 1. The van der Waals surface area contributed by atoms with Crippen LogP contribution in [0.2, 0.25) is 0 Å². The van der Waals surface area contributed by atoms with E-state index in [-0.39, 0.29) is 18.0 Å². The SMILES string of the molecule is NC1CC2CN(c3ncccn3)CCN2C1=O. The molecular formula is C11H15N5O. The summed E-state index contributed by atoms with van der Waals surface area (Å²) in [5, 5.41) is 0. The Morgan fingerprint density at radius 3 is 2.82 bits per heavy atom. The Labute approximate surface area is 99.4 Å². The van der Waals surface area contributed by atoms with Crippen molar-refractivity contribution in [3.05, 3.63) is 18.5 Å². The first-order chi connectivity index (χ1) is 8.25. The van der Waals surface area contributed by atoms with Crippen molar-refractivity contribution < 1.29 is 4.79 Å². The summed E-state index contributed by atoms with van der Waals surface area (Å²) in [6.45, 7) is 2.28. The average molecular weight is 233 g/mol. The van der Waals surface area contributed by atoms with E-state index in [9.17, 15) is 4.79 Å². The number of rotatable bonds is 1. The average Bonchev–Trinajstić information content (AvgIpc) is 2.66. The van der Waals surface area contributed by atoms with Gasteiger partial charge in [-0.25, -0.2) is 9.97 Å². The molecule has 3 heterocycles. The van der Waals surface area contributed by atoms with Crippen LogP contribution in [0.3, 0.4) is 0 Å². The fraction of sp³-hybridized carbons (Fsp3) is 0.545. The second kappa shape index (κ2) is 3.96. The second-order valence-corrected chi connectivity index (χ2v) is 4.52. The van der Waals surface area contributed by atoms with Crippen molar-refractivity contribution in [3.8, 4) is 0 Å². The molecule has 1 aromatic rings. The van der Waals surface area contributed by atoms with E-state index in [1.54, 1.807) is 18.5 Å². The molecule has 2 fully saturated rings. The topological polar surface area (TPSA) is 75.3 Å². The highest BCUT2D eigenvalue weighted by molar-refractivity contribution is 5.84. The Balaban J connectivity index is 1.76. The van der Waals surface area contributed by atoms with Crippen molar-refractivity contribution in [1.82, 2.24) is 14.9 Å². The Hall–Kier alpha value is -1.69. The standard InChI is InChI=1S/C11H15N5O/c12-9-6-8-7-15(4-5-16(8)10(9)17)11-13-2-1-3-14-11/h1-3,8-9H,4-7,12H2. The van der Waals surface area contributed by atoms with E-state index in [2.05, 4.69) is 14.9 Å². The summed E-state index contributed by atoms with van der Waals surface area (Å²) in [4.78, 5) is 24.2. The summed E-state index contributed by atoms with van der Waals surface area (Å²) in [7, 11) is 0. The molecule has 1 amide bonds. The van der Waals surface area contributed by atoms with Crippen molar-refractivity contribution in [2.75, 3.05) is 24.5 Å². The quantitative estimate of drug-likeness (QED) is 0.689. The van der Waals surface area contributed by atoms with E-state index in [4.69, 9.17) is 5.73 Å². The number of hydrogen-bond donors (Lipinski definition) is 1. The lowest BCUT2D eigenvalue weighted by Crippen LogP contribution is -2.52. The number of nitrogens with two attached hydrogens (primary N) is 1. The van der Waals surface area contributed by atoms with Crippen molar-refractivity contribution in [1.29, 1.82) is 0 Å². The van der Waals surface area contributed by atoms with Crippen LogP contribution < -0.4 is 10.6 Å². The molecule has 17 heavy (non-hydrogen) atoms. The van der Waals surface area contributed by atoms with Gasteiger partial charge in [-0.2, -0.15) is 0 Å². The molecule has 0 saturated carbocycles. The number of fused-ring (bicyclic) bond motifs is 1. The van der Waals surface area contributed by atoms with Gasteiger partial charge in [-0.1, -0.05) is 0 Å². The molecule has 0 aliphatic carbocycles. The fourth-order valence-electron chi connectivity index (χ4n) is 2.59. The van der Waals surface area contributed by atoms with E-state index >= 15 is 0 Å². The highest BCUT2D eigenvalue weighted by Gasteiger charge is 2.40. The van der Waals surface area contributed by atoms with Gasteiger partial charge in [-0.15, -0.1) is 0 Å². The molecule has 1 aromatic heterocycles. The minimum absolute atomic E-state index is 0.0867. The monoisotopic (exact) mass is 233 g/mol. The molecule has 3 rings (SSSR count). The maximum absolute atomic E-state index is 11.7. The van der Waals surface area contributed by atoms with Crippen LogP contribution in [0.25, 0.3) is 0 Å². The molecule has 2 saturated heterocycles. The highest BCUT2D eigenvalue weighted by Crippen LogP contribution is 2.23. The number of carbonyl (C=O) groups excluding carboxylic acids is 1. The van der Waals surface area contributed by atoms with Crippen LogP contribution in [-0.2, 0) is 4.79 Å². The Kier molecular flexibility index (Phi) is 2.44. The molecule has 2 N–H and O–H groups in total. The van der Waals surface area contributed by atoms with E-state index < -0.39 is 0 Å². The van der Waals surface area contributed by atoms with Crippen molar-refractivity contribution >= 4 is 11.9 Å². The zero-order valence-electron chi connectivity index (χ0n) is 9.49. The largest absolute Gasteiger partial charge is 0.337 e. The Morgan fingerprint density at radius 1 is 1.29 bits per heavy atom. The smallest absolute Gasteiger partial charge is 0.239 e. The van der Waals surface area contributed by atoms with Crippen LogP contribution >= 0.6 is 0 Å². The highest BCUT2D eigenvalue weighted by atomic mass is 16.2. The summed E-state index contributed by atoms with van der Waals surface area (Å²) in [5.41, 5.74) is 5.78. The van der Waals surface area contributed by atoms with Gasteiger partial charge in [0.05, 0.1) is 12.1 Å². The van der Waals surface area contributed by atoms with Crippen LogP contribution in [0.15, 0.2) is 18.5 Å². The summed E-state index contributed by atoms with van der Waals surface area (Å²) in [6, 6.07) is 1.70. The molecule has 0 radical (unpaired) electrons. The third-order valence-electron chi connectivity index (χ3n) is 3.44. The molecule has 2 aliphatic heterocycles. The molecule has 2 aliphatic rings. The minimum atomic E-state index is -0.323. The molecule has 6 heteroatoms. The first-order valence-electron chi connectivity index (χ1n) is 5.84. The molecule has 0 spiro atoms. The maximum atomic E-state index is 11.7. The van der Waals surface area contributed by atoms with Gasteiger partial charge in [0.2, 0.25) is 11.9 Å². The second-order valence-electron chi connectivity index (χ2n) is 4.52. The van der Waals surface area contributed by atoms with Crippen molar-refractivity contribution in [2.45, 2.75) is 18.5 Å². The van der Waals surface area contributed by atoms with E-state index in [0.29, 0.717) is 0 Å². The first-order valence-corrected chi connectivity index (χ1v) is 5.84. The predicted molar refractivity (Wildman–Crippen MR) is 62.3 cm³/mol. The summed E-state index contributed by atoms with van der Waals surface area (Å²) < 4.78 is 0. The molecule has 0 aromatic carbocycles. The van der Waals surface area contributed by atoms with E-state index in [1.165, 1.54) is 0 Å². The van der Waals surface area contributed by atoms with Gasteiger partial charge in [0.15, 0.2) is 0 Å². The van der Waals surface area contributed by atoms with Crippen LogP contribution in [0.1, 0.15) is 6.42 Å². The van der Waals surface area contributed by atoms with Gasteiger partial charge in [-0.05, 0) is 12.5 Å². The molecule has 2 atom stereocenters. The molecule has 6 nitrogen and oxygen atoms in total. The van der Waals surface area contributed by atoms with Gasteiger partial charge in [-0.3, -0.25) is 4.79 Å². The van der Waals surface area contributed by atoms with Gasteiger partial charge >= 0.3 is 0 Å². The number of anilines is 1. The van der Waals surface area contributed by atoms with Gasteiger partial charge in [0.25, 0.3) is 0 Å². The van der Waals surface area contributed by atoms with E-state index in [0.717, 1.165) is 32.0 Å². The fourth-order valence-corrected chi connectivity index (χ4v) is 2.59. The number of piperazine rings is 1. The Morgan fingerprint density at radius 2 is 2.06 bits per heavy atom. The van der Waals surface area contributed by atoms with Gasteiger partial charge in [0.1, 0.15) is 0 Å². The Bertz CT molecular complexity index is 423. The third kappa shape index (κ3) is 1.74. The minimum Gasteiger partial charge on any atom is -0.337 e. The van der Waals surface area contributed by atoms with Crippen LogP contribution in [0.4, 0.5) is 5.95 Å². The first kappa shape index (κ1) is 10.5. The van der Waals surface area contributed by atoms with Crippen LogP contribution in [0, 0.1) is 0 Å². The number of hydrogen-bond acceptors (Lipinski definition) is 5. The summed E-state index contributed by atoms with van der Waals surface area (Å²) >= 11 is 0. The van der Waals surface area contributed by atoms with Crippen molar-refractivity contribution in [2.24, 2.45) is 5.73 Å². The number of aromatic nitrogens is 2. The normalized spacial score (nSPS) is 28.4. The molecule has 2 unspecified atom stereocenters. The summed E-state index contributed by atoms with van der Waals surface area (Å²) in [5.74, 6) is 0.823. The summed E-state index contributed by atoms with van der Waals surface area (Å²) in [6.07, 6.45) is 4.21. The lowest BCUT2D eigenvalue weighted by atomic mass is 10.1. The number of carbonyl (C=O) groups is 1. The van der Waals surface area contributed by atoms with Crippen LogP contribution in [0.5, 0.6) is 0 Å². The number of nitrogens with zero attached hydrogens (tertiary/aromatic N) is 4. The lowest BCUT2D eigenvalue weighted by molar-refractivity contribution is -0.130. The van der Waals surface area contributed by atoms with Gasteiger partial charge in [0, 0.05) is 32.0 Å². The maximum Gasteiger partial charge on any atom is 0.239 e. The molecule has 90 valence electrons. The van der Waals surface area contributed by atoms with Crippen molar-refractivity contribution in [3.63, 3.8) is 0 Å². The zero-order chi connectivity index (χ0) is 11.8. The lowest BCUT2D eigenvalue weighted by Gasteiger charge is -2.37. The predicted octanol–water partition coefficient (Wildman–Crippen LogP) is -0.775. The zero-order valence-corrected chi connectivity index (χ0v) is 9.49. The van der Waals surface area contributed by atoms with Crippen LogP contribution in [-0.4, -0.2) is 52.5 Å². The van der Waals surface area contributed by atoms with Gasteiger partial charge < -0.3 is 15.5 Å². The molecule has 0 bridgehead atoms.